The number of nitrogens with one attached hydrogen (secondary N) is 2. The van der Waals surface area contributed by atoms with E-state index in [1.165, 1.54) is 19.3 Å². The molecule has 1 aliphatic heterocycles. The third-order valence-corrected chi connectivity index (χ3v) is 5.73. The molecule has 0 radical (unpaired) electrons. The maximum absolute atomic E-state index is 12.3. The Hall–Kier alpha value is -1.99. The lowest BCUT2D eigenvalue weighted by Crippen LogP contribution is -2.40. The number of nitrogens with zero attached hydrogens (tertiary/aromatic N) is 3. The average Bonchev–Trinajstić information content (AvgIpc) is 3.14. The van der Waals surface area contributed by atoms with Gasteiger partial charge in [-0.3, -0.25) is 4.79 Å². The van der Waals surface area contributed by atoms with Gasteiger partial charge in [-0.1, -0.05) is 13.3 Å². The molecule has 2 aromatic heterocycles. The first-order valence-corrected chi connectivity index (χ1v) is 10.2. The molecule has 0 aromatic carbocycles. The summed E-state index contributed by atoms with van der Waals surface area (Å²) >= 11 is 1.58. The molecule has 3 rings (SSSR count). The van der Waals surface area contributed by atoms with Gasteiger partial charge in [-0.2, -0.15) is 0 Å². The summed E-state index contributed by atoms with van der Waals surface area (Å²) in [6, 6.07) is 4.24. The summed E-state index contributed by atoms with van der Waals surface area (Å²) in [4.78, 5) is 23.5. The van der Waals surface area contributed by atoms with E-state index in [1.54, 1.807) is 17.5 Å². The molecule has 1 atom stereocenters. The highest BCUT2D eigenvalue weighted by Crippen LogP contribution is 2.16. The summed E-state index contributed by atoms with van der Waals surface area (Å²) in [5, 5.41) is 9.25. The average molecular weight is 374 g/mol. The zero-order valence-corrected chi connectivity index (χ0v) is 16.3. The topological polar surface area (TPSA) is 70.2 Å². The number of hydrogen-bond donors (Lipinski definition) is 2. The minimum atomic E-state index is -0.121. The van der Waals surface area contributed by atoms with Crippen LogP contribution in [0.5, 0.6) is 0 Å². The van der Waals surface area contributed by atoms with Gasteiger partial charge in [0, 0.05) is 24.2 Å². The number of amides is 1. The van der Waals surface area contributed by atoms with E-state index in [9.17, 15) is 4.79 Å². The molecule has 1 aliphatic rings. The number of likely N-dealkylation sites (tertiary alicyclic amines) is 1. The Labute approximate surface area is 159 Å². The molecule has 1 unspecified atom stereocenters. The molecule has 1 amide bonds. The number of rotatable bonds is 7. The second-order valence-corrected chi connectivity index (χ2v) is 7.65. The van der Waals surface area contributed by atoms with Crippen LogP contribution in [0.15, 0.2) is 23.7 Å². The molecule has 140 valence electrons. The van der Waals surface area contributed by atoms with Crippen molar-refractivity contribution in [1.29, 1.82) is 0 Å². The van der Waals surface area contributed by atoms with Crippen molar-refractivity contribution in [3.8, 4) is 0 Å². The number of carbonyl (C=O) groups excluding carboxylic acids is 1. The Kier molecular flexibility index (Phi) is 6.57. The Morgan fingerprint density at radius 2 is 2.27 bits per heavy atom. The number of pyridine rings is 1. The zero-order chi connectivity index (χ0) is 18.4. The molecule has 26 heavy (non-hydrogen) atoms. The van der Waals surface area contributed by atoms with Gasteiger partial charge in [-0.25, -0.2) is 9.97 Å². The van der Waals surface area contributed by atoms with Crippen molar-refractivity contribution < 1.29 is 4.79 Å². The molecule has 0 aliphatic carbocycles. The minimum Gasteiger partial charge on any atom is -0.369 e. The van der Waals surface area contributed by atoms with Gasteiger partial charge in [0.1, 0.15) is 10.8 Å². The van der Waals surface area contributed by atoms with Crippen molar-refractivity contribution in [3.63, 3.8) is 0 Å². The minimum absolute atomic E-state index is 0.121. The number of piperidine rings is 1. The van der Waals surface area contributed by atoms with Crippen LogP contribution < -0.4 is 10.6 Å². The van der Waals surface area contributed by atoms with Gasteiger partial charge in [-0.15, -0.1) is 11.3 Å². The molecule has 6 nitrogen and oxygen atoms in total. The predicted octanol–water partition coefficient (Wildman–Crippen LogP) is 2.93. The largest absolute Gasteiger partial charge is 0.369 e. The van der Waals surface area contributed by atoms with Crippen molar-refractivity contribution in [3.05, 3.63) is 40.0 Å². The lowest BCUT2D eigenvalue weighted by molar-refractivity contribution is 0.0950. The van der Waals surface area contributed by atoms with Gasteiger partial charge in [0.15, 0.2) is 0 Å². The first-order chi connectivity index (χ1) is 12.7. The quantitative estimate of drug-likeness (QED) is 0.781. The van der Waals surface area contributed by atoms with E-state index < -0.39 is 0 Å². The van der Waals surface area contributed by atoms with Crippen LogP contribution in [-0.2, 0) is 13.0 Å². The van der Waals surface area contributed by atoms with Gasteiger partial charge in [0.2, 0.25) is 0 Å². The number of anilines is 1. The van der Waals surface area contributed by atoms with Gasteiger partial charge < -0.3 is 15.5 Å². The number of aryl methyl sites for hydroxylation is 1. The van der Waals surface area contributed by atoms with Crippen LogP contribution in [0.3, 0.4) is 0 Å². The highest BCUT2D eigenvalue weighted by Gasteiger charge is 2.18. The van der Waals surface area contributed by atoms with Crippen LogP contribution in [0.2, 0.25) is 0 Å². The normalized spacial score (nSPS) is 17.8. The highest BCUT2D eigenvalue weighted by atomic mass is 32.1. The Morgan fingerprint density at radius 3 is 2.96 bits per heavy atom. The standard InChI is InChI=1S/C19H27N5OS/c1-3-15-13-26-18(23-15)12-22-19(25)14-7-8-17(20-10-14)21-11-16-6-4-5-9-24(16)2/h7-8,10,13,16H,3-6,9,11-12H2,1-2H3,(H,20,21)(H,22,25). The molecule has 0 saturated carbocycles. The molecule has 3 heterocycles. The van der Waals surface area contributed by atoms with Crippen LogP contribution >= 0.6 is 11.3 Å². The maximum atomic E-state index is 12.3. The summed E-state index contributed by atoms with van der Waals surface area (Å²) < 4.78 is 0. The van der Waals surface area contributed by atoms with Crippen LogP contribution in [-0.4, -0.2) is 47.0 Å². The number of thiazole rings is 1. The van der Waals surface area contributed by atoms with E-state index >= 15 is 0 Å². The van der Waals surface area contributed by atoms with Gasteiger partial charge in [0.25, 0.3) is 5.91 Å². The summed E-state index contributed by atoms with van der Waals surface area (Å²) in [6.45, 7) is 4.58. The molecular weight excluding hydrogens is 346 g/mol. The monoisotopic (exact) mass is 373 g/mol. The van der Waals surface area contributed by atoms with E-state index in [0.717, 1.165) is 36.0 Å². The lowest BCUT2D eigenvalue weighted by Gasteiger charge is -2.32. The van der Waals surface area contributed by atoms with Crippen molar-refractivity contribution in [2.45, 2.75) is 45.2 Å². The molecule has 1 saturated heterocycles. The second-order valence-electron chi connectivity index (χ2n) is 6.71. The van der Waals surface area contributed by atoms with Crippen molar-refractivity contribution in [2.24, 2.45) is 0 Å². The van der Waals surface area contributed by atoms with Gasteiger partial charge in [-0.05, 0) is 45.0 Å². The smallest absolute Gasteiger partial charge is 0.253 e. The van der Waals surface area contributed by atoms with Crippen molar-refractivity contribution >= 4 is 23.1 Å². The fourth-order valence-electron chi connectivity index (χ4n) is 3.11. The Bertz CT molecular complexity index is 715. The van der Waals surface area contributed by atoms with Crippen molar-refractivity contribution in [1.82, 2.24) is 20.2 Å². The number of aromatic nitrogens is 2. The van der Waals surface area contributed by atoms with E-state index in [2.05, 4.69) is 39.5 Å². The third-order valence-electron chi connectivity index (χ3n) is 4.83. The Morgan fingerprint density at radius 1 is 1.38 bits per heavy atom. The Balaban J connectivity index is 1.47. The van der Waals surface area contributed by atoms with Crippen molar-refractivity contribution in [2.75, 3.05) is 25.5 Å². The molecule has 0 spiro atoms. The molecule has 2 N–H and O–H groups in total. The molecular formula is C19H27N5OS. The molecule has 0 bridgehead atoms. The maximum Gasteiger partial charge on any atom is 0.253 e. The number of likely N-dealkylation sites (N-methyl/N-ethyl adjacent to an activating group) is 1. The van der Waals surface area contributed by atoms with Crippen LogP contribution in [0.1, 0.15) is 47.2 Å². The van der Waals surface area contributed by atoms with Gasteiger partial charge >= 0.3 is 0 Å². The first kappa shape index (κ1) is 18.8. The second kappa shape index (κ2) is 9.09. The predicted molar refractivity (Wildman–Crippen MR) is 106 cm³/mol. The fourth-order valence-corrected chi connectivity index (χ4v) is 3.92. The van der Waals surface area contributed by atoms with E-state index in [1.807, 2.05) is 17.5 Å². The lowest BCUT2D eigenvalue weighted by atomic mass is 10.0. The van der Waals surface area contributed by atoms with Crippen LogP contribution in [0.4, 0.5) is 5.82 Å². The van der Waals surface area contributed by atoms with Crippen LogP contribution in [0.25, 0.3) is 0 Å². The summed E-state index contributed by atoms with van der Waals surface area (Å²) in [7, 11) is 2.18. The van der Waals surface area contributed by atoms with E-state index in [0.29, 0.717) is 18.2 Å². The fraction of sp³-hybridized carbons (Fsp3) is 0.526. The SMILES string of the molecule is CCc1csc(CNC(=O)c2ccc(NCC3CCCCN3C)nc2)n1. The van der Waals surface area contributed by atoms with Crippen LogP contribution in [0, 0.1) is 0 Å². The van der Waals surface area contributed by atoms with E-state index in [-0.39, 0.29) is 5.91 Å². The first-order valence-electron chi connectivity index (χ1n) is 9.27. The highest BCUT2D eigenvalue weighted by molar-refractivity contribution is 7.09. The molecule has 7 heteroatoms. The zero-order valence-electron chi connectivity index (χ0n) is 15.5. The summed E-state index contributed by atoms with van der Waals surface area (Å²) in [5.41, 5.74) is 1.64. The summed E-state index contributed by atoms with van der Waals surface area (Å²) in [5.74, 6) is 0.692. The number of hydrogen-bond acceptors (Lipinski definition) is 6. The molecule has 1 fully saturated rings. The van der Waals surface area contributed by atoms with Gasteiger partial charge in [0.05, 0.1) is 17.8 Å². The van der Waals surface area contributed by atoms with E-state index in [4.69, 9.17) is 0 Å². The molecule has 2 aromatic rings. The number of carbonyl (C=O) groups is 1. The summed E-state index contributed by atoms with van der Waals surface area (Å²) in [6.07, 6.45) is 6.35. The third kappa shape index (κ3) is 5.02.